The van der Waals surface area contributed by atoms with Gasteiger partial charge < -0.3 is 9.64 Å². The Morgan fingerprint density at radius 2 is 1.87 bits per heavy atom. The summed E-state index contributed by atoms with van der Waals surface area (Å²) in [5.74, 6) is 1.25. The minimum absolute atomic E-state index is 0.195. The number of aryl methyl sites for hydroxylation is 2. The number of amides is 1. The molecule has 0 unspecified atom stereocenters. The van der Waals surface area contributed by atoms with Gasteiger partial charge in [-0.05, 0) is 94.0 Å². The predicted octanol–water partition coefficient (Wildman–Crippen LogP) is 5.54. The molecule has 8 nitrogen and oxygen atoms in total. The Bertz CT molecular complexity index is 1480. The Kier molecular flexibility index (Phi) is 8.02. The third-order valence-corrected chi connectivity index (χ3v) is 7.98. The second kappa shape index (κ2) is 11.0. The van der Waals surface area contributed by atoms with Crippen LogP contribution in [0, 0.1) is 25.7 Å². The molecule has 1 fully saturated rings. The lowest BCUT2D eigenvalue weighted by atomic mass is 9.97. The van der Waals surface area contributed by atoms with Crippen LogP contribution in [0.15, 0.2) is 53.6 Å². The first-order valence-electron chi connectivity index (χ1n) is 13.3. The summed E-state index contributed by atoms with van der Waals surface area (Å²) < 4.78 is 34.2. The number of hydrogen-bond donors (Lipinski definition) is 1. The number of ether oxygens (including phenoxy) is 1. The Hall–Kier alpha value is -3.46. The Morgan fingerprint density at radius 3 is 2.51 bits per heavy atom. The van der Waals surface area contributed by atoms with E-state index >= 15 is 0 Å². The molecule has 0 saturated carbocycles. The molecule has 39 heavy (non-hydrogen) atoms. The lowest BCUT2D eigenvalue weighted by molar-refractivity contribution is 0.0981. The van der Waals surface area contributed by atoms with Gasteiger partial charge in [0, 0.05) is 23.3 Å². The summed E-state index contributed by atoms with van der Waals surface area (Å²) in [6.07, 6.45) is 0.920. The summed E-state index contributed by atoms with van der Waals surface area (Å²) in [4.78, 5) is 24.6. The van der Waals surface area contributed by atoms with Gasteiger partial charge in [-0.3, -0.25) is 4.79 Å². The van der Waals surface area contributed by atoms with Crippen molar-refractivity contribution in [2.45, 2.75) is 65.5 Å². The third-order valence-electron chi connectivity index (χ3n) is 6.74. The predicted molar refractivity (Wildman–Crippen MR) is 154 cm³/mol. The molecular weight excluding hydrogens is 512 g/mol. The van der Waals surface area contributed by atoms with Crippen molar-refractivity contribution in [3.05, 3.63) is 65.4 Å². The van der Waals surface area contributed by atoms with Crippen molar-refractivity contribution < 1.29 is 17.9 Å². The Balaban J connectivity index is 1.76. The van der Waals surface area contributed by atoms with Crippen LogP contribution < -0.4 is 14.4 Å². The van der Waals surface area contributed by atoms with Gasteiger partial charge in [0.2, 0.25) is 0 Å². The zero-order valence-electron chi connectivity index (χ0n) is 23.8. The highest BCUT2D eigenvalue weighted by Crippen LogP contribution is 2.38. The van der Waals surface area contributed by atoms with Gasteiger partial charge in [0.1, 0.15) is 11.6 Å². The van der Waals surface area contributed by atoms with Gasteiger partial charge in [-0.1, -0.05) is 26.8 Å². The molecule has 1 aliphatic rings. The molecule has 0 bridgehead atoms. The summed E-state index contributed by atoms with van der Waals surface area (Å²) >= 11 is 0. The van der Waals surface area contributed by atoms with Crippen LogP contribution in [0.1, 0.15) is 62.7 Å². The highest BCUT2D eigenvalue weighted by molar-refractivity contribution is 7.90. The Morgan fingerprint density at radius 1 is 1.13 bits per heavy atom. The van der Waals surface area contributed by atoms with Crippen LogP contribution in [0.4, 0.5) is 5.82 Å². The fraction of sp³-hybridized carbons (Fsp3) is 0.433. The maximum absolute atomic E-state index is 13.5. The van der Waals surface area contributed by atoms with Gasteiger partial charge >= 0.3 is 0 Å². The molecular formula is C30H38N4O4S. The summed E-state index contributed by atoms with van der Waals surface area (Å²) in [6.45, 7) is 15.6. The largest absolute Gasteiger partial charge is 0.493 e. The van der Waals surface area contributed by atoms with Crippen LogP contribution in [0.5, 0.6) is 5.75 Å². The van der Waals surface area contributed by atoms with Crippen LogP contribution in [0.25, 0.3) is 11.3 Å². The first kappa shape index (κ1) is 28.5. The number of sulfonamides is 1. The monoisotopic (exact) mass is 550 g/mol. The number of carbonyl (C=O) groups is 1. The number of nitrogens with one attached hydrogen (secondary N) is 1. The zero-order valence-corrected chi connectivity index (χ0v) is 24.6. The van der Waals surface area contributed by atoms with Gasteiger partial charge in [-0.15, -0.1) is 0 Å². The van der Waals surface area contributed by atoms with Crippen LogP contribution >= 0.6 is 0 Å². The first-order chi connectivity index (χ1) is 18.2. The fourth-order valence-corrected chi connectivity index (χ4v) is 6.07. The number of anilines is 1. The topological polar surface area (TPSA) is 101 Å². The normalized spacial score (nSPS) is 16.9. The maximum atomic E-state index is 13.5. The molecule has 208 valence electrons. The van der Waals surface area contributed by atoms with Gasteiger partial charge in [-0.2, -0.15) is 8.42 Å². The first-order valence-corrected chi connectivity index (χ1v) is 14.8. The quantitative estimate of drug-likeness (QED) is 0.393. The Labute approximate surface area is 231 Å². The highest BCUT2D eigenvalue weighted by atomic mass is 32.2. The second-order valence-electron chi connectivity index (χ2n) is 11.6. The number of nitrogens with zero attached hydrogens (tertiary/aromatic N) is 3. The van der Waals surface area contributed by atoms with Crippen molar-refractivity contribution in [2.75, 3.05) is 18.1 Å². The van der Waals surface area contributed by atoms with Crippen LogP contribution in [0.3, 0.4) is 0 Å². The van der Waals surface area contributed by atoms with Crippen molar-refractivity contribution in [1.82, 2.24) is 14.7 Å². The molecule has 1 aromatic carbocycles. The smallest absolute Gasteiger partial charge is 0.281 e. The summed E-state index contributed by atoms with van der Waals surface area (Å²) in [5.41, 5.74) is 3.04. The molecule has 2 aromatic heterocycles. The number of aromatic nitrogens is 2. The van der Waals surface area contributed by atoms with Gasteiger partial charge in [0.05, 0.1) is 17.9 Å². The van der Waals surface area contributed by atoms with E-state index in [9.17, 15) is 13.2 Å². The highest BCUT2D eigenvalue weighted by Gasteiger charge is 2.39. The van der Waals surface area contributed by atoms with Crippen LogP contribution in [-0.2, 0) is 10.0 Å². The molecule has 0 radical (unpaired) electrons. The van der Waals surface area contributed by atoms with E-state index < -0.39 is 15.9 Å². The number of benzene rings is 1. The van der Waals surface area contributed by atoms with Crippen molar-refractivity contribution in [3.8, 4) is 17.0 Å². The van der Waals surface area contributed by atoms with Crippen molar-refractivity contribution in [3.63, 3.8) is 0 Å². The van der Waals surface area contributed by atoms with Gasteiger partial charge in [0.15, 0.2) is 5.03 Å². The fourth-order valence-electron chi connectivity index (χ4n) is 5.09. The summed E-state index contributed by atoms with van der Waals surface area (Å²) in [6, 6.07) is 14.0. The van der Waals surface area contributed by atoms with Crippen molar-refractivity contribution in [2.24, 2.45) is 11.8 Å². The lowest BCUT2D eigenvalue weighted by Crippen LogP contribution is -2.41. The summed E-state index contributed by atoms with van der Waals surface area (Å²) in [7, 11) is -4.17. The number of rotatable bonds is 8. The lowest BCUT2D eigenvalue weighted by Gasteiger charge is -2.34. The molecule has 1 N–H and O–H groups in total. The average molecular weight is 551 g/mol. The standard InChI is InChI=1S/C30H38N4O4S/c1-19(2)18-38-24-14-20(3)13-23(15-24)26-12-11-25(28(32-26)34-17-21(4)16-30(34,6)7)29(35)33-39(36,37)27-10-8-9-22(5)31-27/h8-15,19,21H,16-18H2,1-7H3,(H,33,35)/t21-/m0/s1. The molecule has 0 spiro atoms. The molecule has 9 heteroatoms. The van der Waals surface area contributed by atoms with Crippen LogP contribution in [-0.4, -0.2) is 43.0 Å². The van der Waals surface area contributed by atoms with Gasteiger partial charge in [-0.25, -0.2) is 14.7 Å². The van der Waals surface area contributed by atoms with Crippen molar-refractivity contribution in [1.29, 1.82) is 0 Å². The van der Waals surface area contributed by atoms with E-state index in [1.54, 1.807) is 31.2 Å². The minimum atomic E-state index is -4.17. The van der Waals surface area contributed by atoms with E-state index in [2.05, 4.69) is 49.2 Å². The molecule has 3 aromatic rings. The third kappa shape index (κ3) is 6.58. The molecule has 1 saturated heterocycles. The molecule has 1 amide bonds. The van der Waals surface area contributed by atoms with E-state index in [0.717, 1.165) is 23.3 Å². The van der Waals surface area contributed by atoms with E-state index in [1.165, 1.54) is 6.07 Å². The number of pyridine rings is 2. The minimum Gasteiger partial charge on any atom is -0.493 e. The zero-order chi connectivity index (χ0) is 28.5. The summed E-state index contributed by atoms with van der Waals surface area (Å²) in [5, 5.41) is -0.203. The van der Waals surface area contributed by atoms with E-state index in [1.807, 2.05) is 25.1 Å². The number of hydrogen-bond acceptors (Lipinski definition) is 7. The second-order valence-corrected chi connectivity index (χ2v) is 13.2. The number of carbonyl (C=O) groups excluding carboxylic acids is 1. The van der Waals surface area contributed by atoms with E-state index in [4.69, 9.17) is 9.72 Å². The molecule has 0 aliphatic carbocycles. The average Bonchev–Trinajstić information content (AvgIpc) is 3.13. The van der Waals surface area contributed by atoms with Crippen LogP contribution in [0.2, 0.25) is 0 Å². The molecule has 4 rings (SSSR count). The molecule has 1 atom stereocenters. The van der Waals surface area contributed by atoms with E-state index in [0.29, 0.717) is 42.2 Å². The maximum Gasteiger partial charge on any atom is 0.281 e. The SMILES string of the molecule is Cc1cc(OCC(C)C)cc(-c2ccc(C(=O)NS(=O)(=O)c3cccc(C)n3)c(N3C[C@@H](C)CC3(C)C)n2)c1. The molecule has 1 aliphatic heterocycles. The van der Waals surface area contributed by atoms with E-state index in [-0.39, 0.29) is 16.1 Å². The van der Waals surface area contributed by atoms with Gasteiger partial charge in [0.25, 0.3) is 15.9 Å². The molecule has 3 heterocycles. The van der Waals surface area contributed by atoms with Crippen molar-refractivity contribution >= 4 is 21.7 Å².